The second-order valence-corrected chi connectivity index (χ2v) is 19.7. The Morgan fingerprint density at radius 3 is 1.54 bits per heavy atom. The molecular formula is C53H68N4O15. The van der Waals surface area contributed by atoms with Crippen molar-refractivity contribution in [3.05, 3.63) is 59.1 Å². The van der Waals surface area contributed by atoms with Gasteiger partial charge in [0, 0.05) is 59.0 Å². The Hall–Kier alpha value is -7.44. The largest absolute Gasteiger partial charge is 0.493 e. The van der Waals surface area contributed by atoms with Crippen LogP contribution in [0.3, 0.4) is 0 Å². The van der Waals surface area contributed by atoms with Gasteiger partial charge in [0.2, 0.25) is 5.75 Å². The van der Waals surface area contributed by atoms with E-state index in [-0.39, 0.29) is 37.5 Å². The number of methoxy groups -OCH3 is 4. The molecule has 0 atom stereocenters. The van der Waals surface area contributed by atoms with Gasteiger partial charge in [-0.2, -0.15) is 0 Å². The second kappa shape index (κ2) is 22.8. The summed E-state index contributed by atoms with van der Waals surface area (Å²) in [6.45, 7) is 17.7. The van der Waals surface area contributed by atoms with Crippen LogP contribution in [0.15, 0.2) is 57.9 Å². The molecule has 0 unspecified atom stereocenters. The molecule has 0 saturated heterocycles. The predicted octanol–water partition coefficient (Wildman–Crippen LogP) is 9.93. The van der Waals surface area contributed by atoms with E-state index in [0.717, 1.165) is 0 Å². The summed E-state index contributed by atoms with van der Waals surface area (Å²) in [5.74, 6) is 2.64. The van der Waals surface area contributed by atoms with E-state index < -0.39 is 40.7 Å². The van der Waals surface area contributed by atoms with Gasteiger partial charge < -0.3 is 72.1 Å². The lowest BCUT2D eigenvalue weighted by molar-refractivity contribution is 0.0513. The molecule has 0 radical (unpaired) electrons. The third kappa shape index (κ3) is 13.3. The van der Waals surface area contributed by atoms with Crippen LogP contribution in [0.5, 0.6) is 40.2 Å². The SMILES string of the molecule is COc1cc(-c2c3c4cc(OC)c(OCCCNC(=O)OC(C)(C)C)cc4oc(=O)c3n3ccc4c(OCCCNC(=O)OC(C)(C)C)c(OC)c(OC)cc4c23)ccc1OCCCNC(=O)OC(C)(C)C. The maximum absolute atomic E-state index is 14.5. The van der Waals surface area contributed by atoms with E-state index in [4.69, 9.17) is 51.8 Å². The fraction of sp³-hybridized carbons (Fsp3) is 0.472. The van der Waals surface area contributed by atoms with Crippen molar-refractivity contribution in [1.82, 2.24) is 20.4 Å². The highest BCUT2D eigenvalue weighted by atomic mass is 16.6. The summed E-state index contributed by atoms with van der Waals surface area (Å²) in [6, 6.07) is 12.5. The number of amides is 3. The van der Waals surface area contributed by atoms with Gasteiger partial charge in [-0.25, -0.2) is 19.2 Å². The van der Waals surface area contributed by atoms with Gasteiger partial charge in [0.1, 0.15) is 27.9 Å². The number of carbonyl (C=O) groups excluding carboxylic acids is 3. The number of pyridine rings is 1. The lowest BCUT2D eigenvalue weighted by atomic mass is 9.97. The van der Waals surface area contributed by atoms with Gasteiger partial charge >= 0.3 is 23.9 Å². The van der Waals surface area contributed by atoms with Gasteiger partial charge in [-0.15, -0.1) is 0 Å². The molecule has 0 fully saturated rings. The minimum atomic E-state index is -0.646. The molecule has 0 saturated carbocycles. The predicted molar refractivity (Wildman–Crippen MR) is 273 cm³/mol. The van der Waals surface area contributed by atoms with Crippen LogP contribution in [-0.2, 0) is 14.2 Å². The first-order valence-electron chi connectivity index (χ1n) is 23.7. The van der Waals surface area contributed by atoms with Crippen molar-refractivity contribution in [2.24, 2.45) is 0 Å². The molecule has 3 heterocycles. The summed E-state index contributed by atoms with van der Waals surface area (Å²) < 4.78 is 66.4. The maximum Gasteiger partial charge on any atom is 0.407 e. The Balaban J connectivity index is 1.47. The van der Waals surface area contributed by atoms with Crippen molar-refractivity contribution < 1.29 is 66.2 Å². The molecule has 0 aliphatic heterocycles. The van der Waals surface area contributed by atoms with Gasteiger partial charge in [0.25, 0.3) is 0 Å². The summed E-state index contributed by atoms with van der Waals surface area (Å²) in [7, 11) is 6.10. The lowest BCUT2D eigenvalue weighted by Gasteiger charge is -2.20. The molecule has 6 rings (SSSR count). The maximum atomic E-state index is 14.5. The number of aromatic nitrogens is 1. The molecule has 19 nitrogen and oxygen atoms in total. The van der Waals surface area contributed by atoms with Crippen LogP contribution < -0.4 is 54.7 Å². The van der Waals surface area contributed by atoms with Gasteiger partial charge in [-0.1, -0.05) is 6.07 Å². The zero-order valence-electron chi connectivity index (χ0n) is 43.6. The van der Waals surface area contributed by atoms with E-state index in [1.54, 1.807) is 91.1 Å². The van der Waals surface area contributed by atoms with Crippen LogP contribution in [0.1, 0.15) is 81.6 Å². The highest BCUT2D eigenvalue weighted by Crippen LogP contribution is 2.50. The number of carbonyl (C=O) groups is 3. The Kier molecular flexibility index (Phi) is 17.0. The highest BCUT2D eigenvalue weighted by Gasteiger charge is 2.28. The molecule has 0 aliphatic carbocycles. The van der Waals surface area contributed by atoms with Crippen molar-refractivity contribution in [3.8, 4) is 51.4 Å². The summed E-state index contributed by atoms with van der Waals surface area (Å²) in [5.41, 5.74) is -0.188. The topological polar surface area (TPSA) is 214 Å². The van der Waals surface area contributed by atoms with Crippen molar-refractivity contribution in [3.63, 3.8) is 0 Å². The number of nitrogens with one attached hydrogen (secondary N) is 3. The van der Waals surface area contributed by atoms with Crippen LogP contribution in [-0.4, -0.2) is 107 Å². The fourth-order valence-electron chi connectivity index (χ4n) is 7.83. The average molecular weight is 1000 g/mol. The second-order valence-electron chi connectivity index (χ2n) is 19.7. The highest BCUT2D eigenvalue weighted by molar-refractivity contribution is 6.22. The molecule has 6 aromatic rings. The van der Waals surface area contributed by atoms with Gasteiger partial charge in [0.15, 0.2) is 34.5 Å². The Morgan fingerprint density at radius 2 is 1.03 bits per heavy atom. The van der Waals surface area contributed by atoms with E-state index >= 15 is 0 Å². The first-order chi connectivity index (χ1) is 34.1. The van der Waals surface area contributed by atoms with Crippen LogP contribution in [0.2, 0.25) is 0 Å². The third-order valence-corrected chi connectivity index (χ3v) is 10.6. The van der Waals surface area contributed by atoms with Crippen molar-refractivity contribution in [2.75, 3.05) is 67.9 Å². The number of benzene rings is 3. The monoisotopic (exact) mass is 1000 g/mol. The Labute approximate surface area is 418 Å². The molecule has 390 valence electrons. The molecule has 0 bridgehead atoms. The number of hydrogen-bond acceptors (Lipinski definition) is 15. The van der Waals surface area contributed by atoms with E-state index in [9.17, 15) is 19.2 Å². The molecule has 3 N–H and O–H groups in total. The minimum absolute atomic E-state index is 0.184. The molecule has 3 aromatic carbocycles. The quantitative estimate of drug-likeness (QED) is 0.0369. The first kappa shape index (κ1) is 53.9. The lowest BCUT2D eigenvalue weighted by Crippen LogP contribution is -2.33. The standard InChI is InChI=1S/C53H68N4O15/c1-51(2,3)70-48(59)54-20-14-24-66-35-18-17-31(27-37(35)62-10)41-42-34-29-38(63-11)39(67-25-15-21-55-49(60)71-52(4,5)6)30-36(34)69-47(58)44(42)57-23-19-32-33(43(41)57)28-40(64-12)46(65-13)45(32)68-26-16-22-56-50(61)72-53(7,8)9/h17-19,23,27-30H,14-16,20-22,24-26H2,1-13H3,(H,54,59)(H,55,60)(H,56,61). The van der Waals surface area contributed by atoms with Crippen molar-refractivity contribution in [1.29, 1.82) is 0 Å². The number of hydrogen-bond donors (Lipinski definition) is 3. The Bertz CT molecular complexity index is 2980. The fourth-order valence-corrected chi connectivity index (χ4v) is 7.83. The minimum Gasteiger partial charge on any atom is -0.493 e. The molecule has 3 aromatic heterocycles. The van der Waals surface area contributed by atoms with Crippen LogP contribution in [0.4, 0.5) is 14.4 Å². The number of rotatable bonds is 20. The number of fused-ring (bicyclic) bond motifs is 7. The molecule has 72 heavy (non-hydrogen) atoms. The van der Waals surface area contributed by atoms with E-state index in [1.807, 2.05) is 24.3 Å². The number of nitrogens with zero attached hydrogens (tertiary/aromatic N) is 1. The number of alkyl carbamates (subject to hydrolysis) is 3. The smallest absolute Gasteiger partial charge is 0.407 e. The molecule has 3 amide bonds. The van der Waals surface area contributed by atoms with Gasteiger partial charge in [-0.3, -0.25) is 0 Å². The van der Waals surface area contributed by atoms with Crippen molar-refractivity contribution in [2.45, 2.75) is 98.4 Å². The van der Waals surface area contributed by atoms with Crippen LogP contribution >= 0.6 is 0 Å². The first-order valence-corrected chi connectivity index (χ1v) is 23.7. The third-order valence-electron chi connectivity index (χ3n) is 10.6. The molecule has 0 spiro atoms. The van der Waals surface area contributed by atoms with Crippen LogP contribution in [0.25, 0.3) is 49.3 Å². The van der Waals surface area contributed by atoms with E-state index in [1.165, 1.54) is 28.4 Å². The summed E-state index contributed by atoms with van der Waals surface area (Å²) in [4.78, 5) is 51.3. The van der Waals surface area contributed by atoms with E-state index in [2.05, 4.69) is 16.0 Å². The summed E-state index contributed by atoms with van der Waals surface area (Å²) in [6.07, 6.45) is 1.55. The molecular weight excluding hydrogens is 933 g/mol. The van der Waals surface area contributed by atoms with Crippen molar-refractivity contribution >= 4 is 56.4 Å². The number of ether oxygens (including phenoxy) is 10. The zero-order valence-corrected chi connectivity index (χ0v) is 43.6. The normalized spacial score (nSPS) is 11.8. The van der Waals surface area contributed by atoms with E-state index in [0.29, 0.717) is 111 Å². The average Bonchev–Trinajstić information content (AvgIpc) is 3.65. The zero-order chi connectivity index (χ0) is 52.5. The van der Waals surface area contributed by atoms with Gasteiger partial charge in [0.05, 0.1) is 53.8 Å². The van der Waals surface area contributed by atoms with Gasteiger partial charge in [-0.05, 0) is 117 Å². The molecule has 19 heteroatoms. The summed E-state index contributed by atoms with van der Waals surface area (Å²) in [5, 5.41) is 10.6. The molecule has 0 aliphatic rings. The summed E-state index contributed by atoms with van der Waals surface area (Å²) >= 11 is 0. The van der Waals surface area contributed by atoms with Crippen LogP contribution in [0, 0.1) is 0 Å². The Morgan fingerprint density at radius 1 is 0.528 bits per heavy atom.